The highest BCUT2D eigenvalue weighted by Crippen LogP contribution is 2.29. The van der Waals surface area contributed by atoms with E-state index in [0.29, 0.717) is 22.7 Å². The molecule has 2 N–H and O–H groups in total. The highest BCUT2D eigenvalue weighted by atomic mass is 16.6. The minimum absolute atomic E-state index is 0.0263. The second-order valence-corrected chi connectivity index (χ2v) is 8.16. The number of nitrogens with zero attached hydrogens (tertiary/aromatic N) is 2. The second kappa shape index (κ2) is 13.4. The number of hydrogen-bond donors (Lipinski definition) is 2. The van der Waals surface area contributed by atoms with Crippen molar-refractivity contribution in [2.75, 3.05) is 31.5 Å². The van der Waals surface area contributed by atoms with Crippen LogP contribution in [-0.4, -0.2) is 43.2 Å². The van der Waals surface area contributed by atoms with E-state index in [1.165, 1.54) is 45.4 Å². The quantitative estimate of drug-likeness (QED) is 0.133. The van der Waals surface area contributed by atoms with Gasteiger partial charge in [-0.15, -0.1) is 0 Å². The lowest BCUT2D eigenvalue weighted by atomic mass is 10.1. The van der Waals surface area contributed by atoms with Crippen molar-refractivity contribution in [3.63, 3.8) is 0 Å². The molecule has 11 nitrogen and oxygen atoms in total. The van der Waals surface area contributed by atoms with Gasteiger partial charge in [0.05, 0.1) is 48.7 Å². The molecule has 0 unspecified atom stereocenters. The fourth-order valence-electron chi connectivity index (χ4n) is 3.38. The summed E-state index contributed by atoms with van der Waals surface area (Å²) in [6, 6.07) is 16.2. The van der Waals surface area contributed by atoms with Crippen molar-refractivity contribution in [1.82, 2.24) is 0 Å². The molecule has 202 valence electrons. The monoisotopic (exact) mass is 532 g/mol. The van der Waals surface area contributed by atoms with Crippen molar-refractivity contribution in [3.05, 3.63) is 94.0 Å². The first-order chi connectivity index (χ1) is 18.7. The number of anilines is 2. The summed E-state index contributed by atoms with van der Waals surface area (Å²) >= 11 is 0. The number of ether oxygens (including phenoxy) is 3. The number of nitro groups is 1. The Morgan fingerprint density at radius 1 is 1.00 bits per heavy atom. The van der Waals surface area contributed by atoms with Crippen molar-refractivity contribution in [2.45, 2.75) is 13.5 Å². The molecule has 0 aliphatic rings. The van der Waals surface area contributed by atoms with Gasteiger partial charge in [0.15, 0.2) is 11.5 Å². The molecule has 0 amide bonds. The minimum atomic E-state index is -0.541. The topological polar surface area (TPSA) is 141 Å². The Balaban J connectivity index is 1.67. The van der Waals surface area contributed by atoms with Gasteiger partial charge in [0.2, 0.25) is 0 Å². The highest BCUT2D eigenvalue weighted by Gasteiger charge is 2.15. The smallest absolute Gasteiger partial charge is 0.338 e. The molecule has 0 heterocycles. The summed E-state index contributed by atoms with van der Waals surface area (Å²) in [5.74, 6) is -0.259. The number of benzene rings is 3. The van der Waals surface area contributed by atoms with Crippen LogP contribution in [-0.2, 0) is 16.1 Å². The van der Waals surface area contributed by atoms with Gasteiger partial charge in [0.25, 0.3) is 5.69 Å². The Morgan fingerprint density at radius 3 is 2.28 bits per heavy atom. The van der Waals surface area contributed by atoms with Crippen LogP contribution in [0.25, 0.3) is 6.08 Å². The molecule has 0 saturated heterocycles. The first-order valence-electron chi connectivity index (χ1n) is 11.7. The number of rotatable bonds is 13. The predicted octanol–water partition coefficient (Wildman–Crippen LogP) is 5.08. The first kappa shape index (κ1) is 28.4. The maximum atomic E-state index is 12.6. The number of carbonyl (C=O) groups excluding carboxylic acids is 2. The van der Waals surface area contributed by atoms with Crippen LogP contribution in [0.1, 0.15) is 28.4 Å². The summed E-state index contributed by atoms with van der Waals surface area (Å²) in [5, 5.41) is 18.2. The van der Waals surface area contributed by atoms with Gasteiger partial charge in [-0.25, -0.2) is 4.79 Å². The third kappa shape index (κ3) is 7.65. The van der Waals surface area contributed by atoms with E-state index in [1.54, 1.807) is 18.2 Å². The van der Waals surface area contributed by atoms with E-state index in [0.717, 1.165) is 11.1 Å². The molecule has 3 aromatic carbocycles. The van der Waals surface area contributed by atoms with Crippen molar-refractivity contribution in [1.29, 1.82) is 0 Å². The van der Waals surface area contributed by atoms with Crippen molar-refractivity contribution < 1.29 is 28.7 Å². The zero-order chi connectivity index (χ0) is 28.4. The van der Waals surface area contributed by atoms with Crippen LogP contribution in [0.4, 0.5) is 17.1 Å². The zero-order valence-electron chi connectivity index (χ0n) is 21.7. The zero-order valence-corrected chi connectivity index (χ0v) is 21.7. The van der Waals surface area contributed by atoms with Gasteiger partial charge in [0.1, 0.15) is 18.1 Å². The molecule has 39 heavy (non-hydrogen) atoms. The number of methoxy groups -OCH3 is 2. The van der Waals surface area contributed by atoms with Crippen LogP contribution in [0.15, 0.2) is 72.3 Å². The molecule has 0 bridgehead atoms. The van der Waals surface area contributed by atoms with Gasteiger partial charge in [-0.1, -0.05) is 36.9 Å². The molecular formula is C28H28N4O7. The number of carbonyl (C=O) groups is 2. The Kier molecular flexibility index (Phi) is 9.74. The number of ketones is 1. The van der Waals surface area contributed by atoms with Crippen LogP contribution in [0.3, 0.4) is 0 Å². The van der Waals surface area contributed by atoms with Crippen molar-refractivity contribution in [2.24, 2.45) is 5.10 Å². The predicted molar refractivity (Wildman–Crippen MR) is 149 cm³/mol. The molecule has 0 aliphatic carbocycles. The summed E-state index contributed by atoms with van der Waals surface area (Å²) < 4.78 is 16.0. The van der Waals surface area contributed by atoms with E-state index in [-0.39, 0.29) is 36.1 Å². The standard InChI is InChI=1S/C28H28N4O7/c1-5-19-6-8-20(9-7-19)17-39-28(34)21-10-12-23(26(14-21)37-3)29-16-25(18(2)33)31-30-24-13-11-22(32(35)36)15-27(24)38-4/h5-15,29-30H,1,16-17H2,2-4H3/b31-25-. The van der Waals surface area contributed by atoms with Crippen LogP contribution >= 0.6 is 0 Å². The van der Waals surface area contributed by atoms with E-state index in [4.69, 9.17) is 14.2 Å². The number of non-ortho nitro benzene ring substituents is 1. The maximum absolute atomic E-state index is 12.6. The summed E-state index contributed by atoms with van der Waals surface area (Å²) in [4.78, 5) is 35.2. The third-order valence-electron chi connectivity index (χ3n) is 5.58. The molecule has 3 rings (SSSR count). The Morgan fingerprint density at radius 2 is 1.67 bits per heavy atom. The van der Waals surface area contributed by atoms with E-state index in [1.807, 2.05) is 24.3 Å². The van der Waals surface area contributed by atoms with Crippen LogP contribution in [0, 0.1) is 10.1 Å². The minimum Gasteiger partial charge on any atom is -0.495 e. The van der Waals surface area contributed by atoms with E-state index in [2.05, 4.69) is 22.4 Å². The Labute approximate surface area is 225 Å². The van der Waals surface area contributed by atoms with Crippen LogP contribution < -0.4 is 20.2 Å². The van der Waals surface area contributed by atoms with E-state index in [9.17, 15) is 19.7 Å². The summed E-state index contributed by atoms with van der Waals surface area (Å²) in [5.41, 5.74) is 5.70. The molecular weight excluding hydrogens is 504 g/mol. The average Bonchev–Trinajstić information content (AvgIpc) is 2.95. The van der Waals surface area contributed by atoms with Gasteiger partial charge in [-0.05, 0) is 35.4 Å². The lowest BCUT2D eigenvalue weighted by Crippen LogP contribution is -2.22. The molecule has 3 aromatic rings. The third-order valence-corrected chi connectivity index (χ3v) is 5.58. The van der Waals surface area contributed by atoms with Crippen molar-refractivity contribution in [3.8, 4) is 11.5 Å². The molecule has 0 aliphatic heterocycles. The number of nitrogens with one attached hydrogen (secondary N) is 2. The van der Waals surface area contributed by atoms with Crippen LogP contribution in [0.5, 0.6) is 11.5 Å². The number of hydrazone groups is 1. The Hall–Kier alpha value is -5.19. The normalized spacial score (nSPS) is 10.8. The van der Waals surface area contributed by atoms with E-state index < -0.39 is 10.9 Å². The molecule has 0 atom stereocenters. The van der Waals surface area contributed by atoms with Gasteiger partial charge in [0, 0.05) is 13.0 Å². The van der Waals surface area contributed by atoms with Gasteiger partial charge < -0.3 is 19.5 Å². The van der Waals surface area contributed by atoms with E-state index >= 15 is 0 Å². The summed E-state index contributed by atoms with van der Waals surface area (Å²) in [7, 11) is 2.83. The van der Waals surface area contributed by atoms with Gasteiger partial charge >= 0.3 is 5.97 Å². The molecule has 0 saturated carbocycles. The molecule has 11 heteroatoms. The van der Waals surface area contributed by atoms with Crippen molar-refractivity contribution >= 4 is 40.6 Å². The number of Topliss-reactive ketones (excluding diaryl/α,β-unsaturated/α-hetero) is 1. The number of esters is 1. The molecule has 0 fully saturated rings. The molecule has 0 aromatic heterocycles. The van der Waals surface area contributed by atoms with Gasteiger partial charge in [-0.3, -0.25) is 20.3 Å². The molecule has 0 spiro atoms. The van der Waals surface area contributed by atoms with Gasteiger partial charge in [-0.2, -0.15) is 5.10 Å². The first-order valence-corrected chi connectivity index (χ1v) is 11.7. The number of nitro benzene ring substituents is 1. The highest BCUT2D eigenvalue weighted by molar-refractivity contribution is 6.40. The summed E-state index contributed by atoms with van der Waals surface area (Å²) in [6.07, 6.45) is 1.73. The number of hydrogen-bond acceptors (Lipinski definition) is 10. The second-order valence-electron chi connectivity index (χ2n) is 8.16. The lowest BCUT2D eigenvalue weighted by molar-refractivity contribution is -0.384. The SMILES string of the molecule is C=Cc1ccc(COC(=O)c2ccc(NC/C(=N/Nc3ccc([N+](=O)[O-])cc3OC)C(C)=O)c(OC)c2)cc1. The average molecular weight is 533 g/mol. The summed E-state index contributed by atoms with van der Waals surface area (Å²) in [6.45, 7) is 5.21. The fourth-order valence-corrected chi connectivity index (χ4v) is 3.38. The Bertz CT molecular complexity index is 1400. The molecule has 0 radical (unpaired) electrons. The lowest BCUT2D eigenvalue weighted by Gasteiger charge is -2.14. The van der Waals surface area contributed by atoms with Crippen LogP contribution in [0.2, 0.25) is 0 Å². The maximum Gasteiger partial charge on any atom is 0.338 e. The fraction of sp³-hybridized carbons (Fsp3) is 0.179. The largest absolute Gasteiger partial charge is 0.495 e.